The van der Waals surface area contributed by atoms with Gasteiger partial charge in [-0.1, -0.05) is 23.7 Å². The number of hydrogen-bond acceptors (Lipinski definition) is 6. The van der Waals surface area contributed by atoms with Crippen molar-refractivity contribution >= 4 is 40.2 Å². The van der Waals surface area contributed by atoms with Gasteiger partial charge < -0.3 is 24.1 Å². The molecule has 0 spiro atoms. The molecule has 0 saturated carbocycles. The first-order valence-corrected chi connectivity index (χ1v) is 10.9. The van der Waals surface area contributed by atoms with Crippen molar-refractivity contribution in [3.8, 4) is 11.5 Å². The number of methoxy groups -OCH3 is 2. The Balaban J connectivity index is 1.35. The molecule has 1 aliphatic rings. The van der Waals surface area contributed by atoms with Gasteiger partial charge in [-0.3, -0.25) is 14.2 Å². The maximum Gasteiger partial charge on any atom is 0.326 e. The van der Waals surface area contributed by atoms with E-state index in [2.05, 4.69) is 4.98 Å². The van der Waals surface area contributed by atoms with Crippen LogP contribution in [0.1, 0.15) is 12.8 Å². The van der Waals surface area contributed by atoms with Crippen LogP contribution in [-0.2, 0) is 20.9 Å². The van der Waals surface area contributed by atoms with E-state index < -0.39 is 11.9 Å². The molecule has 174 valence electrons. The number of H-pyrrole nitrogens is 1. The average molecular weight is 474 g/mol. The van der Waals surface area contributed by atoms with Crippen LogP contribution in [0.25, 0.3) is 11.0 Å². The Morgan fingerprint density at radius 3 is 2.67 bits per heavy atom. The van der Waals surface area contributed by atoms with E-state index in [4.69, 9.17) is 25.8 Å². The number of rotatable bonds is 8. The Morgan fingerprint density at radius 2 is 1.91 bits per heavy atom. The molecule has 3 aromatic rings. The third kappa shape index (κ3) is 4.54. The lowest BCUT2D eigenvalue weighted by atomic mass is 10.1. The number of nitrogens with zero attached hydrogens (tertiary/aromatic N) is 2. The van der Waals surface area contributed by atoms with Gasteiger partial charge in [0.25, 0.3) is 0 Å². The second-order valence-electron chi connectivity index (χ2n) is 7.68. The SMILES string of the molecule is COc1cc(OC)c(N2CC(C(=O)OCCCn3c(=O)[nH]c4ccccc43)CC2=O)cc1Cl. The van der Waals surface area contributed by atoms with Gasteiger partial charge in [0.1, 0.15) is 11.5 Å². The highest BCUT2D eigenvalue weighted by atomic mass is 35.5. The molecule has 0 bridgehead atoms. The quantitative estimate of drug-likeness (QED) is 0.398. The number of para-hydroxylation sites is 2. The van der Waals surface area contributed by atoms with Crippen molar-refractivity contribution in [2.75, 3.05) is 32.3 Å². The van der Waals surface area contributed by atoms with Crippen LogP contribution in [0.5, 0.6) is 11.5 Å². The van der Waals surface area contributed by atoms with E-state index in [1.54, 1.807) is 16.7 Å². The van der Waals surface area contributed by atoms with Crippen molar-refractivity contribution in [2.24, 2.45) is 5.92 Å². The summed E-state index contributed by atoms with van der Waals surface area (Å²) in [6.07, 6.45) is 0.507. The second-order valence-corrected chi connectivity index (χ2v) is 8.09. The Morgan fingerprint density at radius 1 is 1.15 bits per heavy atom. The van der Waals surface area contributed by atoms with Gasteiger partial charge in [0, 0.05) is 25.6 Å². The number of imidazole rings is 1. The molecule has 0 aliphatic carbocycles. The standard InChI is InChI=1S/C23H24ClN3O6/c1-31-19-12-20(32-2)18(11-15(19)24)27-13-14(10-21(27)28)22(29)33-9-5-8-26-17-7-4-3-6-16(17)25-23(26)30/h3-4,6-7,11-12,14H,5,8-10,13H2,1-2H3,(H,25,30). The van der Waals surface area contributed by atoms with E-state index in [1.165, 1.54) is 19.1 Å². The Hall–Kier alpha value is -3.46. The lowest BCUT2D eigenvalue weighted by molar-refractivity contribution is -0.148. The number of aromatic amines is 1. The minimum atomic E-state index is -0.598. The highest BCUT2D eigenvalue weighted by molar-refractivity contribution is 6.32. The molecule has 0 radical (unpaired) electrons. The largest absolute Gasteiger partial charge is 0.495 e. The van der Waals surface area contributed by atoms with Crippen LogP contribution in [0.4, 0.5) is 5.69 Å². The molecule has 1 N–H and O–H groups in total. The third-order valence-corrected chi connectivity index (χ3v) is 5.95. The number of benzene rings is 2. The number of esters is 1. The topological polar surface area (TPSA) is 103 Å². The average Bonchev–Trinajstić information content (AvgIpc) is 3.35. The lowest BCUT2D eigenvalue weighted by Gasteiger charge is -2.20. The monoisotopic (exact) mass is 473 g/mol. The zero-order chi connectivity index (χ0) is 23.5. The number of halogens is 1. The molecule has 1 fully saturated rings. The maximum atomic E-state index is 12.6. The highest BCUT2D eigenvalue weighted by Gasteiger charge is 2.37. The zero-order valence-corrected chi connectivity index (χ0v) is 19.1. The lowest BCUT2D eigenvalue weighted by Crippen LogP contribution is -2.27. The third-order valence-electron chi connectivity index (χ3n) is 5.65. The predicted octanol–water partition coefficient (Wildman–Crippen LogP) is 2.99. The van der Waals surface area contributed by atoms with E-state index >= 15 is 0 Å². The number of nitrogens with one attached hydrogen (secondary N) is 1. The van der Waals surface area contributed by atoms with Crippen LogP contribution < -0.4 is 20.1 Å². The molecule has 1 aromatic heterocycles. The van der Waals surface area contributed by atoms with Gasteiger partial charge in [-0.15, -0.1) is 0 Å². The summed E-state index contributed by atoms with van der Waals surface area (Å²) < 4.78 is 17.6. The van der Waals surface area contributed by atoms with Gasteiger partial charge in [0.2, 0.25) is 5.91 Å². The molecule has 33 heavy (non-hydrogen) atoms. The molecule has 2 aromatic carbocycles. The molecule has 9 nitrogen and oxygen atoms in total. The van der Waals surface area contributed by atoms with Gasteiger partial charge in [-0.2, -0.15) is 0 Å². The fourth-order valence-electron chi connectivity index (χ4n) is 4.00. The number of ether oxygens (including phenoxy) is 3. The number of carbonyl (C=O) groups is 2. The summed E-state index contributed by atoms with van der Waals surface area (Å²) in [7, 11) is 2.97. The minimum Gasteiger partial charge on any atom is -0.495 e. The predicted molar refractivity (Wildman–Crippen MR) is 123 cm³/mol. The molecule has 1 amide bonds. The summed E-state index contributed by atoms with van der Waals surface area (Å²) >= 11 is 6.22. The first-order valence-electron chi connectivity index (χ1n) is 10.5. The number of aryl methyl sites for hydroxylation is 1. The van der Waals surface area contributed by atoms with Crippen molar-refractivity contribution in [3.63, 3.8) is 0 Å². The normalized spacial score (nSPS) is 15.8. The summed E-state index contributed by atoms with van der Waals surface area (Å²) in [5.74, 6) is -0.423. The van der Waals surface area contributed by atoms with Crippen molar-refractivity contribution in [1.29, 1.82) is 0 Å². The molecule has 2 heterocycles. The molecule has 10 heteroatoms. The summed E-state index contributed by atoms with van der Waals surface area (Å²) in [4.78, 5) is 41.6. The molecule has 4 rings (SSSR count). The molecule has 1 unspecified atom stereocenters. The number of aromatic nitrogens is 2. The first kappa shape index (κ1) is 22.7. The Bertz CT molecular complexity index is 1250. The van der Waals surface area contributed by atoms with Crippen molar-refractivity contribution in [3.05, 3.63) is 51.9 Å². The summed E-state index contributed by atoms with van der Waals surface area (Å²) in [6, 6.07) is 10.6. The Kier molecular flexibility index (Phi) is 6.60. The maximum absolute atomic E-state index is 12.6. The number of hydrogen-bond donors (Lipinski definition) is 1. The van der Waals surface area contributed by atoms with Crippen LogP contribution in [0, 0.1) is 5.92 Å². The van der Waals surface area contributed by atoms with Crippen molar-refractivity contribution in [1.82, 2.24) is 9.55 Å². The van der Waals surface area contributed by atoms with Crippen molar-refractivity contribution in [2.45, 2.75) is 19.4 Å². The summed E-state index contributed by atoms with van der Waals surface area (Å²) in [5.41, 5.74) is 1.84. The summed E-state index contributed by atoms with van der Waals surface area (Å²) in [6.45, 7) is 0.721. The van der Waals surface area contributed by atoms with Gasteiger partial charge in [0.15, 0.2) is 0 Å². The number of carbonyl (C=O) groups excluding carboxylic acids is 2. The van der Waals surface area contributed by atoms with E-state index in [1.807, 2.05) is 24.3 Å². The van der Waals surface area contributed by atoms with E-state index in [9.17, 15) is 14.4 Å². The van der Waals surface area contributed by atoms with E-state index in [0.29, 0.717) is 35.2 Å². The number of anilines is 1. The number of fused-ring (bicyclic) bond motifs is 1. The fourth-order valence-corrected chi connectivity index (χ4v) is 4.23. The van der Waals surface area contributed by atoms with Crippen LogP contribution in [0.2, 0.25) is 5.02 Å². The Labute approximate surface area is 194 Å². The molecule has 1 aliphatic heterocycles. The molecule has 1 saturated heterocycles. The van der Waals surface area contributed by atoms with Crippen LogP contribution in [0.15, 0.2) is 41.2 Å². The molecular weight excluding hydrogens is 450 g/mol. The fraction of sp³-hybridized carbons (Fsp3) is 0.348. The summed E-state index contributed by atoms with van der Waals surface area (Å²) in [5, 5.41) is 0.333. The minimum absolute atomic E-state index is 0.0353. The van der Waals surface area contributed by atoms with Gasteiger partial charge in [-0.25, -0.2) is 4.79 Å². The van der Waals surface area contributed by atoms with Crippen LogP contribution in [-0.4, -0.2) is 48.8 Å². The smallest absolute Gasteiger partial charge is 0.326 e. The van der Waals surface area contributed by atoms with E-state index in [-0.39, 0.29) is 31.2 Å². The second kappa shape index (κ2) is 9.58. The highest BCUT2D eigenvalue weighted by Crippen LogP contribution is 2.40. The van der Waals surface area contributed by atoms with Crippen LogP contribution >= 0.6 is 11.6 Å². The van der Waals surface area contributed by atoms with Gasteiger partial charge >= 0.3 is 11.7 Å². The van der Waals surface area contributed by atoms with E-state index in [0.717, 1.165) is 11.0 Å². The van der Waals surface area contributed by atoms with Gasteiger partial charge in [0.05, 0.1) is 48.5 Å². The van der Waals surface area contributed by atoms with Gasteiger partial charge in [-0.05, 0) is 24.6 Å². The molecular formula is C23H24ClN3O6. The first-order chi connectivity index (χ1) is 15.9. The van der Waals surface area contributed by atoms with Crippen molar-refractivity contribution < 1.29 is 23.8 Å². The zero-order valence-electron chi connectivity index (χ0n) is 18.3. The van der Waals surface area contributed by atoms with Crippen LogP contribution in [0.3, 0.4) is 0 Å². The number of amides is 1. The molecule has 1 atom stereocenters.